The van der Waals surface area contributed by atoms with Crippen molar-refractivity contribution in [1.82, 2.24) is 10.2 Å². The number of hydrogen-bond donors (Lipinski definition) is 2. The highest BCUT2D eigenvalue weighted by Gasteiger charge is 2.23. The average molecular weight is 384 g/mol. The van der Waals surface area contributed by atoms with Gasteiger partial charge in [-0.3, -0.25) is 0 Å². The molecular formula is C21H25N3O2S. The van der Waals surface area contributed by atoms with Crippen LogP contribution in [0.4, 0.5) is 16.2 Å². The van der Waals surface area contributed by atoms with Crippen LogP contribution in [0.5, 0.6) is 0 Å². The molecule has 27 heavy (non-hydrogen) atoms. The van der Waals surface area contributed by atoms with Crippen LogP contribution in [0.1, 0.15) is 19.3 Å². The predicted molar refractivity (Wildman–Crippen MR) is 109 cm³/mol. The molecule has 0 unspecified atom stereocenters. The number of rotatable bonds is 4. The summed E-state index contributed by atoms with van der Waals surface area (Å²) in [6.07, 6.45) is 2.13. The van der Waals surface area contributed by atoms with Crippen LogP contribution in [0.15, 0.2) is 58.3 Å². The lowest BCUT2D eigenvalue weighted by Crippen LogP contribution is -2.47. The predicted octanol–water partition coefficient (Wildman–Crippen LogP) is 3.85. The SMILES string of the molecule is O=C(NCCCN1c2ccccc2Sc2ccccc21)N1CCC[C@@H](O)C1. The Balaban J connectivity index is 1.36. The number of likely N-dealkylation sites (tertiary alicyclic amines) is 1. The Kier molecular flexibility index (Phi) is 5.55. The molecule has 2 aromatic carbocycles. The molecule has 0 aromatic heterocycles. The molecule has 2 N–H and O–H groups in total. The minimum atomic E-state index is -0.386. The van der Waals surface area contributed by atoms with Gasteiger partial charge in [-0.15, -0.1) is 0 Å². The fourth-order valence-corrected chi connectivity index (χ4v) is 4.80. The number of carbonyl (C=O) groups excluding carboxylic acids is 1. The van der Waals surface area contributed by atoms with Gasteiger partial charge in [0.05, 0.1) is 17.5 Å². The van der Waals surface area contributed by atoms with Crippen molar-refractivity contribution >= 4 is 29.2 Å². The first-order valence-electron chi connectivity index (χ1n) is 9.56. The normalized spacial score (nSPS) is 18.6. The topological polar surface area (TPSA) is 55.8 Å². The van der Waals surface area contributed by atoms with Crippen molar-refractivity contribution in [3.63, 3.8) is 0 Å². The quantitative estimate of drug-likeness (QED) is 0.788. The van der Waals surface area contributed by atoms with Crippen LogP contribution in [0.3, 0.4) is 0 Å². The molecule has 142 valence electrons. The number of β-amino-alcohol motifs (C(OH)–C–C–N with tert-alkyl or cyclic N) is 1. The number of nitrogens with zero attached hydrogens (tertiary/aromatic N) is 2. The van der Waals surface area contributed by atoms with Crippen LogP contribution in [0, 0.1) is 0 Å². The Bertz CT molecular complexity index is 768. The number of urea groups is 1. The van der Waals surface area contributed by atoms with E-state index in [1.165, 1.54) is 21.2 Å². The van der Waals surface area contributed by atoms with Gasteiger partial charge in [-0.05, 0) is 43.5 Å². The number of fused-ring (bicyclic) bond motifs is 2. The molecule has 6 heteroatoms. The maximum Gasteiger partial charge on any atom is 0.317 e. The van der Waals surface area contributed by atoms with E-state index in [0.29, 0.717) is 13.1 Å². The highest BCUT2D eigenvalue weighted by Crippen LogP contribution is 2.47. The number of benzene rings is 2. The first-order valence-corrected chi connectivity index (χ1v) is 10.4. The Morgan fingerprint density at radius 1 is 1.11 bits per heavy atom. The zero-order chi connectivity index (χ0) is 18.6. The van der Waals surface area contributed by atoms with Gasteiger partial charge < -0.3 is 20.2 Å². The monoisotopic (exact) mass is 383 g/mol. The molecule has 2 aliphatic heterocycles. The lowest BCUT2D eigenvalue weighted by atomic mass is 10.1. The third-order valence-corrected chi connectivity index (χ3v) is 6.18. The van der Waals surface area contributed by atoms with E-state index in [4.69, 9.17) is 0 Å². The van der Waals surface area contributed by atoms with E-state index in [1.807, 2.05) is 11.8 Å². The van der Waals surface area contributed by atoms with Crippen LogP contribution < -0.4 is 10.2 Å². The fourth-order valence-electron chi connectivity index (χ4n) is 3.71. The number of nitrogens with one attached hydrogen (secondary N) is 1. The fraction of sp³-hybridized carbons (Fsp3) is 0.381. The first-order chi connectivity index (χ1) is 13.2. The molecule has 2 aliphatic rings. The molecule has 4 rings (SSSR count). The Labute approximate surface area is 164 Å². The van der Waals surface area contributed by atoms with Crippen molar-refractivity contribution in [2.24, 2.45) is 0 Å². The van der Waals surface area contributed by atoms with Gasteiger partial charge in [-0.1, -0.05) is 36.0 Å². The van der Waals surface area contributed by atoms with Crippen molar-refractivity contribution in [3.05, 3.63) is 48.5 Å². The Morgan fingerprint density at radius 2 is 1.78 bits per heavy atom. The van der Waals surface area contributed by atoms with E-state index in [0.717, 1.165) is 32.4 Å². The number of carbonyl (C=O) groups is 1. The number of amides is 2. The van der Waals surface area contributed by atoms with E-state index in [-0.39, 0.29) is 12.1 Å². The van der Waals surface area contributed by atoms with Gasteiger partial charge in [0, 0.05) is 36.0 Å². The van der Waals surface area contributed by atoms with Gasteiger partial charge in [0.15, 0.2) is 0 Å². The Morgan fingerprint density at radius 3 is 2.44 bits per heavy atom. The summed E-state index contributed by atoms with van der Waals surface area (Å²) in [7, 11) is 0. The largest absolute Gasteiger partial charge is 0.391 e. The summed E-state index contributed by atoms with van der Waals surface area (Å²) in [5.74, 6) is 0. The molecule has 1 fully saturated rings. The van der Waals surface area contributed by atoms with Crippen LogP contribution in [-0.2, 0) is 0 Å². The third kappa shape index (κ3) is 4.06. The van der Waals surface area contributed by atoms with Crippen molar-refractivity contribution in [2.75, 3.05) is 31.1 Å². The highest BCUT2D eigenvalue weighted by atomic mass is 32.2. The number of piperidine rings is 1. The second kappa shape index (κ2) is 8.23. The van der Waals surface area contributed by atoms with Crippen molar-refractivity contribution in [2.45, 2.75) is 35.2 Å². The molecule has 0 bridgehead atoms. The summed E-state index contributed by atoms with van der Waals surface area (Å²) in [5, 5.41) is 12.7. The van der Waals surface area contributed by atoms with E-state index in [2.05, 4.69) is 58.7 Å². The molecular weight excluding hydrogens is 358 g/mol. The maximum absolute atomic E-state index is 12.3. The van der Waals surface area contributed by atoms with Gasteiger partial charge >= 0.3 is 6.03 Å². The van der Waals surface area contributed by atoms with Gasteiger partial charge in [-0.2, -0.15) is 0 Å². The van der Waals surface area contributed by atoms with Gasteiger partial charge in [0.2, 0.25) is 0 Å². The summed E-state index contributed by atoms with van der Waals surface area (Å²) in [5.41, 5.74) is 2.46. The lowest BCUT2D eigenvalue weighted by Gasteiger charge is -2.33. The molecule has 2 heterocycles. The van der Waals surface area contributed by atoms with Gasteiger partial charge in [0.1, 0.15) is 0 Å². The summed E-state index contributed by atoms with van der Waals surface area (Å²) in [6.45, 7) is 2.64. The minimum Gasteiger partial charge on any atom is -0.391 e. The zero-order valence-electron chi connectivity index (χ0n) is 15.3. The number of aliphatic hydroxyl groups is 1. The third-order valence-electron chi connectivity index (χ3n) is 5.05. The van der Waals surface area contributed by atoms with E-state index >= 15 is 0 Å². The molecule has 1 saturated heterocycles. The summed E-state index contributed by atoms with van der Waals surface area (Å²) in [4.78, 5) is 18.9. The Hall–Kier alpha value is -2.18. The summed E-state index contributed by atoms with van der Waals surface area (Å²) >= 11 is 1.81. The molecule has 0 radical (unpaired) electrons. The van der Waals surface area contributed by atoms with Crippen molar-refractivity contribution in [1.29, 1.82) is 0 Å². The first kappa shape index (κ1) is 18.2. The molecule has 2 amide bonds. The molecule has 0 spiro atoms. The van der Waals surface area contributed by atoms with E-state index in [1.54, 1.807) is 4.90 Å². The summed E-state index contributed by atoms with van der Waals surface area (Å²) < 4.78 is 0. The molecule has 1 atom stereocenters. The second-order valence-corrected chi connectivity index (χ2v) is 8.10. The molecule has 0 aliphatic carbocycles. The minimum absolute atomic E-state index is 0.0660. The summed E-state index contributed by atoms with van der Waals surface area (Å²) in [6, 6.07) is 16.9. The van der Waals surface area contributed by atoms with Crippen LogP contribution in [0.2, 0.25) is 0 Å². The van der Waals surface area contributed by atoms with Crippen LogP contribution in [0.25, 0.3) is 0 Å². The smallest absolute Gasteiger partial charge is 0.317 e. The lowest BCUT2D eigenvalue weighted by molar-refractivity contribution is 0.0843. The van der Waals surface area contributed by atoms with Crippen LogP contribution >= 0.6 is 11.8 Å². The van der Waals surface area contributed by atoms with Crippen molar-refractivity contribution in [3.8, 4) is 0 Å². The second-order valence-electron chi connectivity index (χ2n) is 7.02. The zero-order valence-corrected chi connectivity index (χ0v) is 16.1. The van der Waals surface area contributed by atoms with Gasteiger partial charge in [0.25, 0.3) is 0 Å². The van der Waals surface area contributed by atoms with E-state index in [9.17, 15) is 9.90 Å². The van der Waals surface area contributed by atoms with Crippen molar-refractivity contribution < 1.29 is 9.90 Å². The maximum atomic E-state index is 12.3. The average Bonchev–Trinajstić information content (AvgIpc) is 2.70. The number of aliphatic hydroxyl groups excluding tert-OH is 1. The number of hydrogen-bond acceptors (Lipinski definition) is 4. The van der Waals surface area contributed by atoms with E-state index < -0.39 is 0 Å². The number of anilines is 2. The highest BCUT2D eigenvalue weighted by molar-refractivity contribution is 7.99. The van der Waals surface area contributed by atoms with Crippen LogP contribution in [-0.4, -0.2) is 48.3 Å². The standard InChI is InChI=1S/C21H25N3O2S/c25-16-7-5-13-23(15-16)21(26)22-12-6-14-24-17-8-1-3-10-19(17)27-20-11-4-2-9-18(20)24/h1-4,8-11,16,25H,5-7,12-15H2,(H,22,26)/t16-/m1/s1. The molecule has 0 saturated carbocycles. The molecule has 2 aromatic rings. The van der Waals surface area contributed by atoms with Gasteiger partial charge in [-0.25, -0.2) is 4.79 Å². The number of para-hydroxylation sites is 2. The molecule has 5 nitrogen and oxygen atoms in total.